The normalized spacial score (nSPS) is 18.3. The minimum absolute atomic E-state index is 0.0249. The molecule has 1 heterocycles. The molecule has 19 heavy (non-hydrogen) atoms. The Morgan fingerprint density at radius 1 is 1.32 bits per heavy atom. The summed E-state index contributed by atoms with van der Waals surface area (Å²) in [5.41, 5.74) is -0.682. The van der Waals surface area contributed by atoms with Gasteiger partial charge in [0.2, 0.25) is 0 Å². The van der Waals surface area contributed by atoms with E-state index in [1.54, 1.807) is 6.07 Å². The summed E-state index contributed by atoms with van der Waals surface area (Å²) in [6.45, 7) is -2.42. The maximum absolute atomic E-state index is 12.0. The van der Waals surface area contributed by atoms with Crippen molar-refractivity contribution in [3.63, 3.8) is 0 Å². The Morgan fingerprint density at radius 2 is 2.05 bits per heavy atom. The van der Waals surface area contributed by atoms with Crippen molar-refractivity contribution < 1.29 is 18.6 Å². The standard InChI is InChI=1S/C13H18F2N2O2/c14-12(15)19-10-4-5-11(16-8-10)17-9-13(18)6-2-1-3-7-13/h4-5,8,12,18H,1-3,6-7,9H2,(H,16,17). The van der Waals surface area contributed by atoms with Gasteiger partial charge in [-0.05, 0) is 25.0 Å². The van der Waals surface area contributed by atoms with Gasteiger partial charge in [0.1, 0.15) is 11.6 Å². The van der Waals surface area contributed by atoms with Gasteiger partial charge in [0.25, 0.3) is 0 Å². The number of halogens is 2. The maximum Gasteiger partial charge on any atom is 0.387 e. The number of pyridine rings is 1. The minimum Gasteiger partial charge on any atom is -0.433 e. The van der Waals surface area contributed by atoms with E-state index in [0.717, 1.165) is 25.7 Å². The molecule has 4 nitrogen and oxygen atoms in total. The Hall–Kier alpha value is -1.43. The zero-order valence-corrected chi connectivity index (χ0v) is 10.6. The Kier molecular flexibility index (Phi) is 4.52. The zero-order chi connectivity index (χ0) is 13.7. The van der Waals surface area contributed by atoms with Crippen molar-refractivity contribution in [1.82, 2.24) is 4.98 Å². The van der Waals surface area contributed by atoms with Crippen LogP contribution in [0.4, 0.5) is 14.6 Å². The van der Waals surface area contributed by atoms with Crippen LogP contribution in [-0.2, 0) is 0 Å². The monoisotopic (exact) mass is 272 g/mol. The molecule has 0 atom stereocenters. The number of hydrogen-bond donors (Lipinski definition) is 2. The summed E-state index contributed by atoms with van der Waals surface area (Å²) >= 11 is 0. The van der Waals surface area contributed by atoms with Crippen LogP contribution >= 0.6 is 0 Å². The molecule has 106 valence electrons. The molecule has 1 aliphatic carbocycles. The Bertz CT molecular complexity index is 392. The van der Waals surface area contributed by atoms with Crippen molar-refractivity contribution in [2.24, 2.45) is 0 Å². The van der Waals surface area contributed by atoms with E-state index in [1.165, 1.54) is 18.7 Å². The van der Waals surface area contributed by atoms with Crippen molar-refractivity contribution in [1.29, 1.82) is 0 Å². The van der Waals surface area contributed by atoms with E-state index < -0.39 is 12.2 Å². The number of aromatic nitrogens is 1. The molecule has 0 unspecified atom stereocenters. The number of alkyl halides is 2. The Labute approximate surface area is 110 Å². The molecule has 0 radical (unpaired) electrons. The van der Waals surface area contributed by atoms with Gasteiger partial charge in [-0.1, -0.05) is 19.3 Å². The van der Waals surface area contributed by atoms with Gasteiger partial charge in [0, 0.05) is 6.54 Å². The lowest BCUT2D eigenvalue weighted by atomic mass is 9.85. The first-order valence-electron chi connectivity index (χ1n) is 6.45. The van der Waals surface area contributed by atoms with Gasteiger partial charge in [-0.25, -0.2) is 4.98 Å². The van der Waals surface area contributed by atoms with Gasteiger partial charge < -0.3 is 15.2 Å². The number of ether oxygens (including phenoxy) is 1. The number of rotatable bonds is 5. The molecule has 2 N–H and O–H groups in total. The first kappa shape index (κ1) is 14.0. The fourth-order valence-corrected chi connectivity index (χ4v) is 2.30. The van der Waals surface area contributed by atoms with E-state index in [-0.39, 0.29) is 5.75 Å². The first-order valence-corrected chi connectivity index (χ1v) is 6.45. The predicted octanol–water partition coefficient (Wildman–Crippen LogP) is 2.79. The van der Waals surface area contributed by atoms with E-state index in [1.807, 2.05) is 0 Å². The van der Waals surface area contributed by atoms with Crippen molar-refractivity contribution in [3.8, 4) is 5.75 Å². The summed E-state index contributed by atoms with van der Waals surface area (Å²) in [7, 11) is 0. The zero-order valence-electron chi connectivity index (χ0n) is 10.6. The smallest absolute Gasteiger partial charge is 0.387 e. The quantitative estimate of drug-likeness (QED) is 0.865. The van der Waals surface area contributed by atoms with E-state index >= 15 is 0 Å². The van der Waals surface area contributed by atoms with Crippen molar-refractivity contribution >= 4 is 5.82 Å². The van der Waals surface area contributed by atoms with E-state index in [2.05, 4.69) is 15.0 Å². The van der Waals surface area contributed by atoms with E-state index in [4.69, 9.17) is 0 Å². The Morgan fingerprint density at radius 3 is 2.63 bits per heavy atom. The van der Waals surface area contributed by atoms with E-state index in [0.29, 0.717) is 12.4 Å². The van der Waals surface area contributed by atoms with Crippen molar-refractivity contribution in [3.05, 3.63) is 18.3 Å². The lowest BCUT2D eigenvalue weighted by Crippen LogP contribution is -2.38. The van der Waals surface area contributed by atoms with Crippen LogP contribution in [0.15, 0.2) is 18.3 Å². The molecule has 0 saturated heterocycles. The summed E-state index contributed by atoms with van der Waals surface area (Å²) in [5, 5.41) is 13.3. The average molecular weight is 272 g/mol. The molecule has 0 amide bonds. The molecule has 1 saturated carbocycles. The second-order valence-electron chi connectivity index (χ2n) is 4.90. The van der Waals surface area contributed by atoms with Gasteiger partial charge in [0.05, 0.1) is 11.8 Å². The highest BCUT2D eigenvalue weighted by molar-refractivity contribution is 5.37. The molecule has 2 rings (SSSR count). The minimum atomic E-state index is -2.84. The van der Waals surface area contributed by atoms with Crippen LogP contribution in [-0.4, -0.2) is 28.8 Å². The number of nitrogens with zero attached hydrogens (tertiary/aromatic N) is 1. The molecule has 6 heteroatoms. The van der Waals surface area contributed by atoms with Gasteiger partial charge in [-0.15, -0.1) is 0 Å². The molecular formula is C13H18F2N2O2. The molecule has 1 aliphatic rings. The van der Waals surface area contributed by atoms with Crippen LogP contribution < -0.4 is 10.1 Å². The third-order valence-electron chi connectivity index (χ3n) is 3.34. The SMILES string of the molecule is OC1(CNc2ccc(OC(F)F)cn2)CCCCC1. The summed E-state index contributed by atoms with van der Waals surface area (Å²) in [4.78, 5) is 3.97. The topological polar surface area (TPSA) is 54.4 Å². The summed E-state index contributed by atoms with van der Waals surface area (Å²) in [6.07, 6.45) is 6.04. The highest BCUT2D eigenvalue weighted by Crippen LogP contribution is 2.28. The van der Waals surface area contributed by atoms with Crippen LogP contribution in [0.1, 0.15) is 32.1 Å². The number of anilines is 1. The number of aliphatic hydroxyl groups is 1. The molecule has 1 aromatic rings. The fraction of sp³-hybridized carbons (Fsp3) is 0.615. The van der Waals surface area contributed by atoms with Gasteiger partial charge in [-0.2, -0.15) is 8.78 Å². The van der Waals surface area contributed by atoms with Crippen LogP contribution in [0, 0.1) is 0 Å². The van der Waals surface area contributed by atoms with Crippen LogP contribution in [0.2, 0.25) is 0 Å². The van der Waals surface area contributed by atoms with Crippen LogP contribution in [0.25, 0.3) is 0 Å². The largest absolute Gasteiger partial charge is 0.433 e. The fourth-order valence-electron chi connectivity index (χ4n) is 2.30. The molecule has 1 fully saturated rings. The molecule has 0 spiro atoms. The van der Waals surface area contributed by atoms with Gasteiger partial charge in [-0.3, -0.25) is 0 Å². The molecule has 0 bridgehead atoms. The van der Waals surface area contributed by atoms with Crippen molar-refractivity contribution in [2.45, 2.75) is 44.3 Å². The lowest BCUT2D eigenvalue weighted by molar-refractivity contribution is -0.0500. The second-order valence-corrected chi connectivity index (χ2v) is 4.90. The Balaban J connectivity index is 1.85. The third kappa shape index (κ3) is 4.31. The van der Waals surface area contributed by atoms with Crippen molar-refractivity contribution in [2.75, 3.05) is 11.9 Å². The molecule has 1 aromatic heterocycles. The molecule has 0 aromatic carbocycles. The lowest BCUT2D eigenvalue weighted by Gasteiger charge is -2.32. The van der Waals surface area contributed by atoms with Gasteiger partial charge >= 0.3 is 6.61 Å². The second kappa shape index (κ2) is 6.14. The number of nitrogens with one attached hydrogen (secondary N) is 1. The summed E-state index contributed by atoms with van der Waals surface area (Å²) in [5.74, 6) is 0.567. The molecular weight excluding hydrogens is 254 g/mol. The summed E-state index contributed by atoms with van der Waals surface area (Å²) in [6, 6.07) is 2.98. The predicted molar refractivity (Wildman–Crippen MR) is 67.4 cm³/mol. The third-order valence-corrected chi connectivity index (χ3v) is 3.34. The van der Waals surface area contributed by atoms with Crippen LogP contribution in [0.5, 0.6) is 5.75 Å². The van der Waals surface area contributed by atoms with Gasteiger partial charge in [0.15, 0.2) is 0 Å². The van der Waals surface area contributed by atoms with E-state index in [9.17, 15) is 13.9 Å². The highest BCUT2D eigenvalue weighted by atomic mass is 19.3. The first-order chi connectivity index (χ1) is 9.07. The number of hydrogen-bond acceptors (Lipinski definition) is 4. The summed E-state index contributed by atoms with van der Waals surface area (Å²) < 4.78 is 28.1. The average Bonchev–Trinajstić information content (AvgIpc) is 2.38. The highest BCUT2D eigenvalue weighted by Gasteiger charge is 2.28. The maximum atomic E-state index is 12.0. The molecule has 0 aliphatic heterocycles. The van der Waals surface area contributed by atoms with Crippen LogP contribution in [0.3, 0.4) is 0 Å².